The molecule has 0 spiro atoms. The Balaban J connectivity index is 3.40. The number of ketones is 1. The Morgan fingerprint density at radius 2 is 2.38 bits per heavy atom. The fourth-order valence-electron chi connectivity index (χ4n) is 0.788. The molecule has 5 nitrogen and oxygen atoms in total. The molecule has 1 atom stereocenters. The van der Waals surface area contributed by atoms with E-state index in [9.17, 15) is 4.79 Å². The summed E-state index contributed by atoms with van der Waals surface area (Å²) in [5.74, 6) is 0.0494. The lowest BCUT2D eigenvalue weighted by Crippen LogP contribution is -2.30. The van der Waals surface area contributed by atoms with E-state index in [1.165, 1.54) is 6.92 Å². The first kappa shape index (κ1) is 11.8. The Kier molecular flexibility index (Phi) is 5.71. The molecule has 0 aromatic heterocycles. The number of nitrogens with one attached hydrogen (secondary N) is 2. The summed E-state index contributed by atoms with van der Waals surface area (Å²) in [6.07, 6.45) is 1.38. The first-order valence-corrected chi connectivity index (χ1v) is 4.13. The summed E-state index contributed by atoms with van der Waals surface area (Å²) in [6.45, 7) is 5.26. The second-order valence-electron chi connectivity index (χ2n) is 2.79. The number of nitrogens with two attached hydrogens (primary N) is 1. The maximum Gasteiger partial charge on any atom is 0.214 e. The summed E-state index contributed by atoms with van der Waals surface area (Å²) in [5, 5.41) is 9.78. The Morgan fingerprint density at radius 1 is 1.77 bits per heavy atom. The minimum absolute atomic E-state index is 0.00285. The molecule has 0 heterocycles. The number of carbonyl (C=O) groups excluding carboxylic acids is 1. The molecule has 0 aliphatic rings. The lowest BCUT2D eigenvalue weighted by molar-refractivity contribution is -0.118. The highest BCUT2D eigenvalue weighted by Gasteiger charge is 2.06. The first-order valence-electron chi connectivity index (χ1n) is 4.13. The summed E-state index contributed by atoms with van der Waals surface area (Å²) in [6, 6.07) is -0.382. The lowest BCUT2D eigenvalue weighted by atomic mass is 10.1. The number of nitrogens with zero attached hydrogens (tertiary/aromatic N) is 1. The Hall–Kier alpha value is -1.23. The molecule has 0 saturated carbocycles. The van der Waals surface area contributed by atoms with Crippen LogP contribution < -0.4 is 11.1 Å². The van der Waals surface area contributed by atoms with Gasteiger partial charge in [0.1, 0.15) is 5.78 Å². The first-order chi connectivity index (χ1) is 6.07. The van der Waals surface area contributed by atoms with Crippen LogP contribution in [0.15, 0.2) is 4.99 Å². The van der Waals surface area contributed by atoms with Crippen LogP contribution in [0.4, 0.5) is 0 Å². The molecular weight excluding hydrogens is 168 g/mol. The number of hydrogen-bond acceptors (Lipinski definition) is 3. The molecule has 0 aliphatic heterocycles. The Labute approximate surface area is 77.9 Å². The Morgan fingerprint density at radius 3 is 2.85 bits per heavy atom. The van der Waals surface area contributed by atoms with Gasteiger partial charge < -0.3 is 11.1 Å². The van der Waals surface area contributed by atoms with E-state index in [1.807, 2.05) is 0 Å². The van der Waals surface area contributed by atoms with E-state index in [4.69, 9.17) is 11.1 Å². The number of rotatable bonds is 5. The SMILES string of the molecule is C=NC(=N)NCCCC(N)C(C)=O. The molecule has 5 heteroatoms. The summed E-state index contributed by atoms with van der Waals surface area (Å²) < 4.78 is 0. The van der Waals surface area contributed by atoms with E-state index in [0.29, 0.717) is 13.0 Å². The van der Waals surface area contributed by atoms with E-state index < -0.39 is 0 Å². The van der Waals surface area contributed by atoms with Gasteiger partial charge in [-0.25, -0.2) is 4.99 Å². The zero-order valence-electron chi connectivity index (χ0n) is 7.84. The number of Topliss-reactive ketones (excluding diaryl/α,β-unsaturated/α-hetero) is 1. The van der Waals surface area contributed by atoms with Crippen molar-refractivity contribution >= 4 is 18.5 Å². The van der Waals surface area contributed by atoms with Crippen molar-refractivity contribution < 1.29 is 4.79 Å². The smallest absolute Gasteiger partial charge is 0.214 e. The Bertz CT molecular complexity index is 202. The minimum Gasteiger partial charge on any atom is -0.355 e. The predicted molar refractivity (Wildman–Crippen MR) is 53.2 cm³/mol. The third-order valence-corrected chi connectivity index (χ3v) is 1.66. The van der Waals surface area contributed by atoms with E-state index in [-0.39, 0.29) is 17.8 Å². The molecule has 74 valence electrons. The predicted octanol–water partition coefficient (Wildman–Crippen LogP) is -0.0921. The molecule has 1 unspecified atom stereocenters. The van der Waals surface area contributed by atoms with E-state index >= 15 is 0 Å². The maximum absolute atomic E-state index is 10.7. The fourth-order valence-corrected chi connectivity index (χ4v) is 0.788. The van der Waals surface area contributed by atoms with Gasteiger partial charge in [0, 0.05) is 6.54 Å². The highest BCUT2D eigenvalue weighted by atomic mass is 16.1. The van der Waals surface area contributed by atoms with Crippen LogP contribution in [0.1, 0.15) is 19.8 Å². The lowest BCUT2D eigenvalue weighted by Gasteiger charge is -2.07. The van der Waals surface area contributed by atoms with Crippen LogP contribution in [0.25, 0.3) is 0 Å². The van der Waals surface area contributed by atoms with Gasteiger partial charge in [0.05, 0.1) is 6.04 Å². The second kappa shape index (κ2) is 6.30. The monoisotopic (exact) mass is 184 g/mol. The van der Waals surface area contributed by atoms with Crippen LogP contribution in [-0.2, 0) is 4.79 Å². The van der Waals surface area contributed by atoms with E-state index in [1.54, 1.807) is 0 Å². The molecule has 0 aromatic rings. The topological polar surface area (TPSA) is 91.3 Å². The van der Waals surface area contributed by atoms with Crippen LogP contribution in [0, 0.1) is 5.41 Å². The molecule has 0 saturated heterocycles. The van der Waals surface area contributed by atoms with Gasteiger partial charge in [0.25, 0.3) is 0 Å². The second-order valence-corrected chi connectivity index (χ2v) is 2.79. The number of aliphatic imine (C=N–C) groups is 1. The van der Waals surface area contributed by atoms with Gasteiger partial charge in [-0.3, -0.25) is 10.2 Å². The molecule has 0 rings (SSSR count). The summed E-state index contributed by atoms with van der Waals surface area (Å²) in [4.78, 5) is 14.1. The standard InChI is InChI=1S/C8H16N4O/c1-6(13)7(9)4-3-5-12-8(10)11-2/h7H,2-5,9H2,1H3,(H2,10,12). The molecule has 0 radical (unpaired) electrons. The molecule has 0 amide bonds. The van der Waals surface area contributed by atoms with Crippen molar-refractivity contribution in [3.05, 3.63) is 0 Å². The average molecular weight is 184 g/mol. The fraction of sp³-hybridized carbons (Fsp3) is 0.625. The van der Waals surface area contributed by atoms with Gasteiger partial charge in [0.2, 0.25) is 5.96 Å². The van der Waals surface area contributed by atoms with Gasteiger partial charge in [-0.1, -0.05) is 0 Å². The maximum atomic E-state index is 10.7. The quantitative estimate of drug-likeness (QED) is 0.317. The highest BCUT2D eigenvalue weighted by molar-refractivity contribution is 5.81. The highest BCUT2D eigenvalue weighted by Crippen LogP contribution is 1.94. The van der Waals surface area contributed by atoms with Crippen molar-refractivity contribution in [3.63, 3.8) is 0 Å². The van der Waals surface area contributed by atoms with Crippen LogP contribution >= 0.6 is 0 Å². The van der Waals surface area contributed by atoms with Crippen molar-refractivity contribution in [1.29, 1.82) is 5.41 Å². The van der Waals surface area contributed by atoms with Gasteiger partial charge in [0.15, 0.2) is 0 Å². The van der Waals surface area contributed by atoms with Crippen molar-refractivity contribution in [2.24, 2.45) is 10.7 Å². The van der Waals surface area contributed by atoms with Crippen LogP contribution in [0.3, 0.4) is 0 Å². The molecule has 0 aliphatic carbocycles. The third kappa shape index (κ3) is 5.98. The van der Waals surface area contributed by atoms with Gasteiger partial charge in [-0.2, -0.15) is 0 Å². The average Bonchev–Trinajstić information content (AvgIpc) is 2.11. The minimum atomic E-state index is -0.382. The summed E-state index contributed by atoms with van der Waals surface area (Å²) in [5.41, 5.74) is 5.50. The van der Waals surface area contributed by atoms with Crippen LogP contribution in [-0.4, -0.2) is 31.0 Å². The van der Waals surface area contributed by atoms with Crippen LogP contribution in [0.2, 0.25) is 0 Å². The molecule has 0 aromatic carbocycles. The van der Waals surface area contributed by atoms with E-state index in [2.05, 4.69) is 17.0 Å². The van der Waals surface area contributed by atoms with Gasteiger partial charge >= 0.3 is 0 Å². The van der Waals surface area contributed by atoms with Crippen LogP contribution in [0.5, 0.6) is 0 Å². The molecule has 0 bridgehead atoms. The van der Waals surface area contributed by atoms with Gasteiger partial charge in [-0.15, -0.1) is 0 Å². The number of hydrogen-bond donors (Lipinski definition) is 3. The summed E-state index contributed by atoms with van der Waals surface area (Å²) in [7, 11) is 0. The number of guanidine groups is 1. The molecular formula is C8H16N4O. The van der Waals surface area contributed by atoms with Crippen molar-refractivity contribution in [1.82, 2.24) is 5.32 Å². The molecule has 13 heavy (non-hydrogen) atoms. The summed E-state index contributed by atoms with van der Waals surface area (Å²) >= 11 is 0. The van der Waals surface area contributed by atoms with Gasteiger partial charge in [-0.05, 0) is 26.5 Å². The normalized spacial score (nSPS) is 11.8. The third-order valence-electron chi connectivity index (χ3n) is 1.66. The molecule has 0 fully saturated rings. The molecule has 4 N–H and O–H groups in total. The van der Waals surface area contributed by atoms with Crippen molar-refractivity contribution in [3.8, 4) is 0 Å². The largest absolute Gasteiger partial charge is 0.355 e. The zero-order valence-corrected chi connectivity index (χ0v) is 7.84. The van der Waals surface area contributed by atoms with Crippen molar-refractivity contribution in [2.75, 3.05) is 6.54 Å². The zero-order chi connectivity index (χ0) is 10.3. The number of carbonyl (C=O) groups is 1. The van der Waals surface area contributed by atoms with E-state index in [0.717, 1.165) is 6.42 Å². The van der Waals surface area contributed by atoms with Crippen molar-refractivity contribution in [2.45, 2.75) is 25.8 Å².